The second-order valence-corrected chi connectivity index (χ2v) is 5.84. The van der Waals surface area contributed by atoms with E-state index in [9.17, 15) is 17.2 Å². The molecule has 106 valence electrons. The number of nitrogen functional groups attached to an aromatic ring is 1. The molecule has 9 heteroatoms. The highest BCUT2D eigenvalue weighted by Gasteiger charge is 2.25. The lowest BCUT2D eigenvalue weighted by molar-refractivity contribution is 0.522. The molecule has 0 fully saturated rings. The highest BCUT2D eigenvalue weighted by molar-refractivity contribution is 7.92. The maximum absolute atomic E-state index is 13.6. The Morgan fingerprint density at radius 1 is 1.20 bits per heavy atom. The molecule has 0 bridgehead atoms. The van der Waals surface area contributed by atoms with E-state index in [0.29, 0.717) is 12.1 Å². The van der Waals surface area contributed by atoms with Crippen LogP contribution in [0.25, 0.3) is 0 Å². The van der Waals surface area contributed by atoms with Gasteiger partial charge in [-0.25, -0.2) is 22.2 Å². The summed E-state index contributed by atoms with van der Waals surface area (Å²) in [5.74, 6) is -2.70. The number of pyridine rings is 1. The molecule has 1 aromatic heterocycles. The van der Waals surface area contributed by atoms with Crippen LogP contribution in [0, 0.1) is 11.6 Å². The maximum Gasteiger partial charge on any atom is 0.268 e. The molecule has 2 aromatic rings. The fourth-order valence-corrected chi connectivity index (χ4v) is 2.70. The zero-order chi connectivity index (χ0) is 14.9. The standard InChI is InChI=1S/C11H8ClF2N3O2S/c12-6-1-2-10(16-5-6)17-20(18,19)11-8(13)3-7(15)4-9(11)14/h1-5H,15H2,(H,16,17). The van der Waals surface area contributed by atoms with Crippen molar-refractivity contribution in [1.82, 2.24) is 4.98 Å². The number of hydrogen-bond acceptors (Lipinski definition) is 4. The Morgan fingerprint density at radius 2 is 1.80 bits per heavy atom. The molecular formula is C11H8ClF2N3O2S. The molecular weight excluding hydrogens is 312 g/mol. The number of benzene rings is 1. The molecule has 1 aromatic carbocycles. The van der Waals surface area contributed by atoms with Crippen molar-refractivity contribution in [3.05, 3.63) is 47.1 Å². The minimum atomic E-state index is -4.47. The van der Waals surface area contributed by atoms with Crippen molar-refractivity contribution in [3.63, 3.8) is 0 Å². The molecule has 0 aliphatic heterocycles. The van der Waals surface area contributed by atoms with E-state index in [-0.39, 0.29) is 16.5 Å². The molecule has 0 saturated heterocycles. The second-order valence-electron chi connectivity index (χ2n) is 3.78. The summed E-state index contributed by atoms with van der Waals surface area (Å²) in [6, 6.07) is 4.06. The Labute approximate surface area is 118 Å². The van der Waals surface area contributed by atoms with E-state index in [1.807, 2.05) is 4.72 Å². The summed E-state index contributed by atoms with van der Waals surface area (Å²) in [5.41, 5.74) is 5.00. The van der Waals surface area contributed by atoms with Crippen molar-refractivity contribution in [2.75, 3.05) is 10.5 Å². The van der Waals surface area contributed by atoms with Crippen LogP contribution >= 0.6 is 11.6 Å². The van der Waals surface area contributed by atoms with Gasteiger partial charge < -0.3 is 5.73 Å². The van der Waals surface area contributed by atoms with Gasteiger partial charge in [-0.15, -0.1) is 0 Å². The van der Waals surface area contributed by atoms with Crippen molar-refractivity contribution in [2.45, 2.75) is 4.90 Å². The average molecular weight is 320 g/mol. The third-order valence-electron chi connectivity index (χ3n) is 2.26. The first kappa shape index (κ1) is 14.5. The molecule has 2 rings (SSSR count). The summed E-state index contributed by atoms with van der Waals surface area (Å²) in [7, 11) is -4.47. The Morgan fingerprint density at radius 3 is 2.30 bits per heavy atom. The van der Waals surface area contributed by atoms with Crippen LogP contribution in [0.4, 0.5) is 20.3 Å². The summed E-state index contributed by atoms with van der Waals surface area (Å²) in [5, 5.41) is 0.290. The van der Waals surface area contributed by atoms with Gasteiger partial charge >= 0.3 is 0 Å². The Kier molecular flexibility index (Phi) is 3.78. The monoisotopic (exact) mass is 319 g/mol. The van der Waals surface area contributed by atoms with Crippen LogP contribution < -0.4 is 10.5 Å². The minimum Gasteiger partial charge on any atom is -0.399 e. The topological polar surface area (TPSA) is 85.1 Å². The van der Waals surface area contributed by atoms with Crippen molar-refractivity contribution >= 4 is 33.1 Å². The van der Waals surface area contributed by atoms with E-state index in [1.54, 1.807) is 0 Å². The van der Waals surface area contributed by atoms with Crippen molar-refractivity contribution < 1.29 is 17.2 Å². The highest BCUT2D eigenvalue weighted by Crippen LogP contribution is 2.23. The van der Waals surface area contributed by atoms with Gasteiger partial charge in [0.05, 0.1) is 5.02 Å². The molecule has 0 radical (unpaired) electrons. The SMILES string of the molecule is Nc1cc(F)c(S(=O)(=O)Nc2ccc(Cl)cn2)c(F)c1. The van der Waals surface area contributed by atoms with Crippen LogP contribution in [0.5, 0.6) is 0 Å². The van der Waals surface area contributed by atoms with Crippen LogP contribution in [0.1, 0.15) is 0 Å². The largest absolute Gasteiger partial charge is 0.399 e. The zero-order valence-corrected chi connectivity index (χ0v) is 11.3. The summed E-state index contributed by atoms with van der Waals surface area (Å²) in [6.45, 7) is 0. The molecule has 0 aliphatic carbocycles. The number of nitrogens with two attached hydrogens (primary N) is 1. The fraction of sp³-hybridized carbons (Fsp3) is 0. The lowest BCUT2D eigenvalue weighted by atomic mass is 10.3. The number of nitrogens with zero attached hydrogens (tertiary/aromatic N) is 1. The second kappa shape index (κ2) is 5.22. The summed E-state index contributed by atoms with van der Waals surface area (Å²) in [6.07, 6.45) is 1.19. The zero-order valence-electron chi connectivity index (χ0n) is 9.77. The molecule has 20 heavy (non-hydrogen) atoms. The van der Waals surface area contributed by atoms with Crippen LogP contribution in [0.15, 0.2) is 35.4 Å². The van der Waals surface area contributed by atoms with Crippen molar-refractivity contribution in [2.24, 2.45) is 0 Å². The van der Waals surface area contributed by atoms with Gasteiger partial charge in [0.1, 0.15) is 17.5 Å². The number of aromatic nitrogens is 1. The normalized spacial score (nSPS) is 11.3. The molecule has 3 N–H and O–H groups in total. The highest BCUT2D eigenvalue weighted by atomic mass is 35.5. The third kappa shape index (κ3) is 2.97. The average Bonchev–Trinajstić information content (AvgIpc) is 2.30. The molecule has 0 aliphatic rings. The summed E-state index contributed by atoms with van der Waals surface area (Å²) in [4.78, 5) is 2.55. The number of sulfonamides is 1. The number of rotatable bonds is 3. The van der Waals surface area contributed by atoms with Gasteiger partial charge in [0, 0.05) is 11.9 Å². The van der Waals surface area contributed by atoms with E-state index >= 15 is 0 Å². The van der Waals surface area contributed by atoms with Gasteiger partial charge in [-0.1, -0.05) is 11.6 Å². The lowest BCUT2D eigenvalue weighted by Crippen LogP contribution is -2.17. The van der Waals surface area contributed by atoms with Crippen molar-refractivity contribution in [1.29, 1.82) is 0 Å². The van der Waals surface area contributed by atoms with Gasteiger partial charge in [-0.3, -0.25) is 4.72 Å². The van der Waals surface area contributed by atoms with E-state index in [4.69, 9.17) is 17.3 Å². The first-order chi connectivity index (χ1) is 9.29. The lowest BCUT2D eigenvalue weighted by Gasteiger charge is -2.09. The van der Waals surface area contributed by atoms with E-state index in [0.717, 1.165) is 0 Å². The predicted octanol–water partition coefficient (Wildman–Crippen LogP) is 2.40. The van der Waals surface area contributed by atoms with Gasteiger partial charge in [-0.05, 0) is 24.3 Å². The van der Waals surface area contributed by atoms with Crippen LogP contribution in [-0.4, -0.2) is 13.4 Å². The number of hydrogen-bond donors (Lipinski definition) is 2. The van der Waals surface area contributed by atoms with E-state index in [2.05, 4.69) is 4.98 Å². The predicted molar refractivity (Wildman–Crippen MR) is 70.8 cm³/mol. The third-order valence-corrected chi connectivity index (χ3v) is 3.88. The van der Waals surface area contributed by atoms with Crippen LogP contribution in [0.3, 0.4) is 0 Å². The summed E-state index contributed by atoms with van der Waals surface area (Å²) >= 11 is 5.59. The first-order valence-electron chi connectivity index (χ1n) is 5.18. The molecule has 0 saturated carbocycles. The van der Waals surface area contributed by atoms with Gasteiger partial charge in [-0.2, -0.15) is 0 Å². The molecule has 0 amide bonds. The Hall–Kier alpha value is -1.93. The molecule has 5 nitrogen and oxygen atoms in total. The molecule has 0 atom stereocenters. The smallest absolute Gasteiger partial charge is 0.268 e. The van der Waals surface area contributed by atoms with Crippen molar-refractivity contribution in [3.8, 4) is 0 Å². The fourth-order valence-electron chi connectivity index (χ4n) is 1.46. The van der Waals surface area contributed by atoms with Gasteiger partial charge in [0.2, 0.25) is 0 Å². The first-order valence-corrected chi connectivity index (χ1v) is 7.04. The Bertz CT molecular complexity index is 728. The van der Waals surface area contributed by atoms with E-state index in [1.165, 1.54) is 18.3 Å². The molecule has 0 spiro atoms. The molecule has 1 heterocycles. The summed E-state index contributed by atoms with van der Waals surface area (Å²) < 4.78 is 53.0. The maximum atomic E-state index is 13.6. The van der Waals surface area contributed by atoms with E-state index < -0.39 is 26.6 Å². The van der Waals surface area contributed by atoms with Crippen LogP contribution in [-0.2, 0) is 10.0 Å². The number of halogens is 3. The van der Waals surface area contributed by atoms with Gasteiger partial charge in [0.25, 0.3) is 10.0 Å². The van der Waals surface area contributed by atoms with Crippen LogP contribution in [0.2, 0.25) is 5.02 Å². The Balaban J connectivity index is 2.43. The number of nitrogens with one attached hydrogen (secondary N) is 1. The minimum absolute atomic E-state index is 0.120. The quantitative estimate of drug-likeness (QED) is 0.851. The van der Waals surface area contributed by atoms with Gasteiger partial charge in [0.15, 0.2) is 4.90 Å². The molecule has 0 unspecified atom stereocenters. The number of anilines is 2.